The van der Waals surface area contributed by atoms with Crippen LogP contribution in [0, 0.1) is 5.92 Å². The maximum Gasteiger partial charge on any atom is 0.495 e. The van der Waals surface area contributed by atoms with Gasteiger partial charge in [0.25, 0.3) is 0 Å². The van der Waals surface area contributed by atoms with E-state index in [1.165, 1.54) is 0 Å². The molecule has 3 rings (SSSR count). The fourth-order valence-corrected chi connectivity index (χ4v) is 3.44. The van der Waals surface area contributed by atoms with Gasteiger partial charge in [0.2, 0.25) is 5.88 Å². The van der Waals surface area contributed by atoms with Crippen molar-refractivity contribution in [2.75, 3.05) is 19.7 Å². The van der Waals surface area contributed by atoms with E-state index >= 15 is 0 Å². The zero-order chi connectivity index (χ0) is 22.2. The molecule has 2 aliphatic rings. The predicted octanol–water partition coefficient (Wildman–Crippen LogP) is 3.41. The highest BCUT2D eigenvalue weighted by atomic mass is 16.7. The van der Waals surface area contributed by atoms with Crippen LogP contribution in [0.25, 0.3) is 0 Å². The Kier molecular flexibility index (Phi) is 6.39. The Bertz CT molecular complexity index is 738. The Balaban J connectivity index is 1.50. The van der Waals surface area contributed by atoms with Crippen LogP contribution in [-0.4, -0.2) is 59.6 Å². The number of aromatic nitrogens is 1. The van der Waals surface area contributed by atoms with Crippen LogP contribution in [0.15, 0.2) is 18.3 Å². The van der Waals surface area contributed by atoms with Gasteiger partial charge in [0.1, 0.15) is 5.60 Å². The monoisotopic (exact) mass is 418 g/mol. The van der Waals surface area contributed by atoms with Crippen LogP contribution >= 0.6 is 0 Å². The van der Waals surface area contributed by atoms with E-state index in [0.717, 1.165) is 18.3 Å². The number of rotatable bonds is 4. The molecular weight excluding hydrogens is 383 g/mol. The summed E-state index contributed by atoms with van der Waals surface area (Å²) in [6.45, 7) is 15.7. The molecule has 1 aromatic rings. The second-order valence-electron chi connectivity index (χ2n) is 10.2. The van der Waals surface area contributed by atoms with Crippen LogP contribution in [-0.2, 0) is 14.0 Å². The van der Waals surface area contributed by atoms with E-state index in [9.17, 15) is 4.79 Å². The van der Waals surface area contributed by atoms with E-state index in [-0.39, 0.29) is 17.3 Å². The van der Waals surface area contributed by atoms with Gasteiger partial charge in [-0.3, -0.25) is 0 Å². The van der Waals surface area contributed by atoms with Crippen LogP contribution in [0.1, 0.15) is 61.3 Å². The fraction of sp³-hybridized carbons (Fsp3) is 0.727. The predicted molar refractivity (Wildman–Crippen MR) is 116 cm³/mol. The lowest BCUT2D eigenvalue weighted by molar-refractivity contribution is 0.00578. The Labute approximate surface area is 180 Å². The summed E-state index contributed by atoms with van der Waals surface area (Å²) >= 11 is 0. The van der Waals surface area contributed by atoms with Crippen LogP contribution in [0.3, 0.4) is 0 Å². The summed E-state index contributed by atoms with van der Waals surface area (Å²) in [5.41, 5.74) is -0.336. The number of piperidine rings is 1. The summed E-state index contributed by atoms with van der Waals surface area (Å²) in [4.78, 5) is 18.3. The molecule has 3 heterocycles. The number of ether oxygens (including phenoxy) is 2. The van der Waals surface area contributed by atoms with Crippen LogP contribution < -0.4 is 10.2 Å². The quantitative estimate of drug-likeness (QED) is 0.698. The van der Waals surface area contributed by atoms with Gasteiger partial charge in [0, 0.05) is 25.4 Å². The zero-order valence-corrected chi connectivity index (χ0v) is 19.4. The standard InChI is InChI=1S/C22H35BN2O5/c1-20(2,3)28-19(26)25-12-9-16(10-13-25)15-27-18-14-17(8-11-24-18)23-29-21(4,5)22(6,7)30-23/h8,11,14,16H,9-10,12-13,15H2,1-7H3. The summed E-state index contributed by atoms with van der Waals surface area (Å²) < 4.78 is 23.7. The van der Waals surface area contributed by atoms with Crippen molar-refractivity contribution in [1.82, 2.24) is 9.88 Å². The van der Waals surface area contributed by atoms with Crippen molar-refractivity contribution in [3.8, 4) is 5.88 Å². The first-order valence-electron chi connectivity index (χ1n) is 10.8. The van der Waals surface area contributed by atoms with Gasteiger partial charge in [0.15, 0.2) is 0 Å². The average molecular weight is 418 g/mol. The first-order chi connectivity index (χ1) is 13.9. The van der Waals surface area contributed by atoms with Gasteiger partial charge < -0.3 is 23.7 Å². The van der Waals surface area contributed by atoms with Gasteiger partial charge >= 0.3 is 13.2 Å². The number of carbonyl (C=O) groups excluding carboxylic acids is 1. The van der Waals surface area contributed by atoms with Crippen molar-refractivity contribution in [3.63, 3.8) is 0 Å². The number of likely N-dealkylation sites (tertiary alicyclic amines) is 1. The minimum Gasteiger partial charge on any atom is -0.477 e. The molecule has 1 aromatic heterocycles. The van der Waals surface area contributed by atoms with Gasteiger partial charge in [-0.1, -0.05) is 0 Å². The first kappa shape index (κ1) is 22.9. The summed E-state index contributed by atoms with van der Waals surface area (Å²) in [6, 6.07) is 3.78. The summed E-state index contributed by atoms with van der Waals surface area (Å²) in [6.07, 6.45) is 3.26. The largest absolute Gasteiger partial charge is 0.495 e. The lowest BCUT2D eigenvalue weighted by Crippen LogP contribution is -2.42. The number of nitrogens with zero attached hydrogens (tertiary/aromatic N) is 2. The lowest BCUT2D eigenvalue weighted by atomic mass is 9.80. The number of carbonyl (C=O) groups is 1. The minimum absolute atomic E-state index is 0.237. The Morgan fingerprint density at radius 1 is 1.20 bits per heavy atom. The molecule has 2 aliphatic heterocycles. The van der Waals surface area contributed by atoms with Crippen LogP contribution in [0.4, 0.5) is 4.79 Å². The highest BCUT2D eigenvalue weighted by Crippen LogP contribution is 2.36. The molecule has 7 nitrogen and oxygen atoms in total. The molecule has 2 saturated heterocycles. The minimum atomic E-state index is -0.467. The van der Waals surface area contributed by atoms with Gasteiger partial charge in [-0.2, -0.15) is 0 Å². The molecule has 30 heavy (non-hydrogen) atoms. The van der Waals surface area contributed by atoms with Gasteiger partial charge in [-0.25, -0.2) is 9.78 Å². The molecule has 0 aliphatic carbocycles. The zero-order valence-electron chi connectivity index (χ0n) is 19.4. The second kappa shape index (κ2) is 8.38. The van der Waals surface area contributed by atoms with E-state index < -0.39 is 12.7 Å². The lowest BCUT2D eigenvalue weighted by Gasteiger charge is -2.33. The molecule has 0 N–H and O–H groups in total. The molecule has 8 heteroatoms. The highest BCUT2D eigenvalue weighted by molar-refractivity contribution is 6.62. The molecule has 1 amide bonds. The SMILES string of the molecule is CC(C)(C)OC(=O)N1CCC(COc2cc(B3OC(C)(C)C(C)(C)O3)ccn2)CC1. The molecule has 0 spiro atoms. The van der Waals surface area contributed by atoms with Crippen LogP contribution in [0.2, 0.25) is 0 Å². The van der Waals surface area contributed by atoms with Crippen molar-refractivity contribution < 1.29 is 23.6 Å². The maximum absolute atomic E-state index is 12.2. The summed E-state index contributed by atoms with van der Waals surface area (Å²) in [5.74, 6) is 0.947. The maximum atomic E-state index is 12.2. The van der Waals surface area contributed by atoms with E-state index in [2.05, 4.69) is 4.98 Å². The van der Waals surface area contributed by atoms with E-state index in [4.69, 9.17) is 18.8 Å². The van der Waals surface area contributed by atoms with Crippen LogP contribution in [0.5, 0.6) is 5.88 Å². The Hall–Kier alpha value is -1.80. The molecule has 0 unspecified atom stereocenters. The molecular formula is C22H35BN2O5. The Morgan fingerprint density at radius 2 is 1.80 bits per heavy atom. The Morgan fingerprint density at radius 3 is 2.37 bits per heavy atom. The summed E-state index contributed by atoms with van der Waals surface area (Å²) in [5, 5.41) is 0. The van der Waals surface area contributed by atoms with Gasteiger partial charge in [-0.15, -0.1) is 0 Å². The number of pyridine rings is 1. The van der Waals surface area contributed by atoms with Crippen molar-refractivity contribution in [3.05, 3.63) is 18.3 Å². The van der Waals surface area contributed by atoms with E-state index in [1.54, 1.807) is 11.1 Å². The second-order valence-corrected chi connectivity index (χ2v) is 10.2. The van der Waals surface area contributed by atoms with E-state index in [0.29, 0.717) is 31.5 Å². The van der Waals surface area contributed by atoms with Crippen molar-refractivity contribution in [2.45, 2.75) is 78.1 Å². The molecule has 0 bridgehead atoms. The highest BCUT2D eigenvalue weighted by Gasteiger charge is 2.51. The van der Waals surface area contributed by atoms with Crippen molar-refractivity contribution >= 4 is 18.7 Å². The number of hydrogen-bond donors (Lipinski definition) is 0. The topological polar surface area (TPSA) is 70.1 Å². The third kappa shape index (κ3) is 5.46. The number of hydrogen-bond acceptors (Lipinski definition) is 6. The van der Waals surface area contributed by atoms with E-state index in [1.807, 2.05) is 60.6 Å². The van der Waals surface area contributed by atoms with Gasteiger partial charge in [0.05, 0.1) is 17.8 Å². The summed E-state index contributed by atoms with van der Waals surface area (Å²) in [7, 11) is -0.433. The fourth-order valence-electron chi connectivity index (χ4n) is 3.44. The molecule has 0 saturated carbocycles. The normalized spacial score (nSPS) is 21.6. The molecule has 166 valence electrons. The molecule has 2 fully saturated rings. The average Bonchev–Trinajstić information content (AvgIpc) is 2.87. The third-order valence-electron chi connectivity index (χ3n) is 6.02. The van der Waals surface area contributed by atoms with Crippen molar-refractivity contribution in [1.29, 1.82) is 0 Å². The smallest absolute Gasteiger partial charge is 0.477 e. The molecule has 0 atom stereocenters. The third-order valence-corrected chi connectivity index (χ3v) is 6.02. The van der Waals surface area contributed by atoms with Crippen molar-refractivity contribution in [2.24, 2.45) is 5.92 Å². The molecule has 0 aromatic carbocycles. The van der Waals surface area contributed by atoms with Gasteiger partial charge in [-0.05, 0) is 78.8 Å². The molecule has 0 radical (unpaired) electrons. The number of amides is 1. The first-order valence-corrected chi connectivity index (χ1v) is 10.8.